The number of nitrogens with one attached hydrogen (secondary N) is 1. The van der Waals surface area contributed by atoms with E-state index in [0.29, 0.717) is 5.02 Å². The van der Waals surface area contributed by atoms with Gasteiger partial charge in [-0.2, -0.15) is 0 Å². The van der Waals surface area contributed by atoms with E-state index in [4.69, 9.17) is 11.6 Å². The zero-order valence-electron chi connectivity index (χ0n) is 9.86. The van der Waals surface area contributed by atoms with Crippen LogP contribution in [0.15, 0.2) is 46.4 Å². The van der Waals surface area contributed by atoms with Crippen molar-refractivity contribution in [2.75, 3.05) is 5.32 Å². The summed E-state index contributed by atoms with van der Waals surface area (Å²) in [6.45, 7) is 0.718. The van der Waals surface area contributed by atoms with E-state index in [-0.39, 0.29) is 0 Å². The van der Waals surface area contributed by atoms with E-state index in [1.165, 1.54) is 5.56 Å². The Labute approximate surface area is 128 Å². The van der Waals surface area contributed by atoms with Crippen molar-refractivity contribution in [1.82, 2.24) is 4.98 Å². The highest BCUT2D eigenvalue weighted by Gasteiger charge is 2.08. The van der Waals surface area contributed by atoms with E-state index >= 15 is 0 Å². The average Bonchev–Trinajstić information content (AvgIpc) is 2.86. The van der Waals surface area contributed by atoms with Crippen molar-refractivity contribution >= 4 is 54.8 Å². The summed E-state index contributed by atoms with van der Waals surface area (Å²) in [6, 6.07) is 12.1. The first-order valence-corrected chi connectivity index (χ1v) is 7.79. The molecule has 1 aromatic heterocycles. The van der Waals surface area contributed by atoms with Crippen molar-refractivity contribution in [1.29, 1.82) is 0 Å². The number of benzene rings is 2. The van der Waals surface area contributed by atoms with Gasteiger partial charge in [0.1, 0.15) is 5.52 Å². The molecule has 1 heterocycles. The minimum atomic E-state index is 0.702. The minimum Gasteiger partial charge on any atom is -0.378 e. The van der Waals surface area contributed by atoms with Crippen molar-refractivity contribution in [3.05, 3.63) is 57.0 Å². The first kappa shape index (κ1) is 12.9. The Bertz CT molecular complexity index is 726. The third-order valence-corrected chi connectivity index (χ3v) is 4.41. The SMILES string of the molecule is Clc1ccc2scnc2c1NCc1cccc(Br)c1. The highest BCUT2D eigenvalue weighted by atomic mass is 79.9. The van der Waals surface area contributed by atoms with Gasteiger partial charge in [0.15, 0.2) is 0 Å². The lowest BCUT2D eigenvalue weighted by atomic mass is 10.2. The van der Waals surface area contributed by atoms with E-state index < -0.39 is 0 Å². The van der Waals surface area contributed by atoms with Gasteiger partial charge in [-0.3, -0.25) is 0 Å². The Balaban J connectivity index is 1.89. The summed E-state index contributed by atoms with van der Waals surface area (Å²) in [6.07, 6.45) is 0. The number of hydrogen-bond acceptors (Lipinski definition) is 3. The molecule has 0 atom stereocenters. The maximum Gasteiger partial charge on any atom is 0.106 e. The largest absolute Gasteiger partial charge is 0.378 e. The van der Waals surface area contributed by atoms with Crippen molar-refractivity contribution in [2.24, 2.45) is 0 Å². The van der Waals surface area contributed by atoms with Crippen molar-refractivity contribution in [3.63, 3.8) is 0 Å². The summed E-state index contributed by atoms with van der Waals surface area (Å²) in [5, 5.41) is 4.08. The summed E-state index contributed by atoms with van der Waals surface area (Å²) < 4.78 is 2.21. The highest BCUT2D eigenvalue weighted by molar-refractivity contribution is 9.10. The maximum atomic E-state index is 6.25. The van der Waals surface area contributed by atoms with Gasteiger partial charge in [0.25, 0.3) is 0 Å². The number of aromatic nitrogens is 1. The summed E-state index contributed by atoms with van der Waals surface area (Å²) in [5.41, 5.74) is 4.87. The van der Waals surface area contributed by atoms with Crippen LogP contribution in [0.3, 0.4) is 0 Å². The fourth-order valence-corrected chi connectivity index (χ4v) is 3.26. The molecule has 0 saturated carbocycles. The van der Waals surface area contributed by atoms with Gasteiger partial charge in [-0.15, -0.1) is 11.3 Å². The third-order valence-electron chi connectivity index (χ3n) is 2.81. The van der Waals surface area contributed by atoms with Gasteiger partial charge < -0.3 is 5.32 Å². The van der Waals surface area contributed by atoms with Crippen LogP contribution in [0.5, 0.6) is 0 Å². The molecule has 0 amide bonds. The van der Waals surface area contributed by atoms with Crippen LogP contribution in [0.25, 0.3) is 10.2 Å². The molecule has 0 fully saturated rings. The summed E-state index contributed by atoms with van der Waals surface area (Å²) in [7, 11) is 0. The second-order valence-corrected chi connectivity index (χ2v) is 6.31. The Kier molecular flexibility index (Phi) is 3.73. The molecule has 0 aliphatic rings. The number of hydrogen-bond donors (Lipinski definition) is 1. The van der Waals surface area contributed by atoms with E-state index in [1.54, 1.807) is 11.3 Å². The molecule has 1 N–H and O–H groups in total. The van der Waals surface area contributed by atoms with Crippen LogP contribution in [0.4, 0.5) is 5.69 Å². The molecule has 19 heavy (non-hydrogen) atoms. The van der Waals surface area contributed by atoms with Gasteiger partial charge in [-0.1, -0.05) is 39.7 Å². The zero-order chi connectivity index (χ0) is 13.2. The number of halogens is 2. The molecule has 0 bridgehead atoms. The molecule has 0 aliphatic heterocycles. The number of rotatable bonds is 3. The molecule has 2 nitrogen and oxygen atoms in total. The van der Waals surface area contributed by atoms with Gasteiger partial charge in [0, 0.05) is 11.0 Å². The topological polar surface area (TPSA) is 24.9 Å². The predicted octanol–water partition coefficient (Wildman–Crippen LogP) is 5.32. The predicted molar refractivity (Wildman–Crippen MR) is 86.1 cm³/mol. The van der Waals surface area contributed by atoms with Crippen LogP contribution < -0.4 is 5.32 Å². The van der Waals surface area contributed by atoms with Crippen molar-refractivity contribution < 1.29 is 0 Å². The van der Waals surface area contributed by atoms with Gasteiger partial charge in [0.05, 0.1) is 20.9 Å². The highest BCUT2D eigenvalue weighted by Crippen LogP contribution is 2.32. The van der Waals surface area contributed by atoms with E-state index in [0.717, 1.165) is 26.9 Å². The number of nitrogens with zero attached hydrogens (tertiary/aromatic N) is 1. The van der Waals surface area contributed by atoms with Crippen LogP contribution >= 0.6 is 38.9 Å². The standard InChI is InChI=1S/C14H10BrClN2S/c15-10-3-1-2-9(6-10)7-17-13-11(16)4-5-12-14(13)18-8-19-12/h1-6,8,17H,7H2. The Morgan fingerprint density at radius 2 is 2.16 bits per heavy atom. The molecule has 0 radical (unpaired) electrons. The normalized spacial score (nSPS) is 10.8. The smallest absolute Gasteiger partial charge is 0.106 e. The Hall–Kier alpha value is -1.10. The summed E-state index contributed by atoms with van der Waals surface area (Å²) in [4.78, 5) is 4.37. The molecule has 3 rings (SSSR count). The molecule has 3 aromatic rings. The van der Waals surface area contributed by atoms with Crippen molar-refractivity contribution in [2.45, 2.75) is 6.54 Å². The van der Waals surface area contributed by atoms with Gasteiger partial charge >= 0.3 is 0 Å². The number of thiazole rings is 1. The van der Waals surface area contributed by atoms with E-state index in [1.807, 2.05) is 29.8 Å². The molecule has 5 heteroatoms. The lowest BCUT2D eigenvalue weighted by Crippen LogP contribution is -2.00. The summed E-state index contributed by atoms with van der Waals surface area (Å²) in [5.74, 6) is 0. The average molecular weight is 354 g/mol. The first-order chi connectivity index (χ1) is 9.24. The minimum absolute atomic E-state index is 0.702. The molecular weight excluding hydrogens is 344 g/mol. The van der Waals surface area contributed by atoms with Crippen LogP contribution in [0.2, 0.25) is 5.02 Å². The number of fused-ring (bicyclic) bond motifs is 1. The Morgan fingerprint density at radius 1 is 1.26 bits per heavy atom. The Morgan fingerprint density at radius 3 is 3.00 bits per heavy atom. The summed E-state index contributed by atoms with van der Waals surface area (Å²) >= 11 is 11.3. The molecule has 96 valence electrons. The molecule has 0 saturated heterocycles. The molecule has 0 aliphatic carbocycles. The fourth-order valence-electron chi connectivity index (χ4n) is 1.91. The van der Waals surface area contributed by atoms with Gasteiger partial charge in [-0.05, 0) is 29.8 Å². The lowest BCUT2D eigenvalue weighted by molar-refractivity contribution is 1.15. The first-order valence-electron chi connectivity index (χ1n) is 5.74. The quantitative estimate of drug-likeness (QED) is 0.689. The van der Waals surface area contributed by atoms with Crippen molar-refractivity contribution in [3.8, 4) is 0 Å². The fraction of sp³-hybridized carbons (Fsp3) is 0.0714. The molecule has 0 spiro atoms. The molecular formula is C14H10BrClN2S. The third kappa shape index (κ3) is 2.76. The van der Waals surface area contributed by atoms with Crippen LogP contribution in [0.1, 0.15) is 5.56 Å². The van der Waals surface area contributed by atoms with Gasteiger partial charge in [-0.25, -0.2) is 4.98 Å². The monoisotopic (exact) mass is 352 g/mol. The number of anilines is 1. The lowest BCUT2D eigenvalue weighted by Gasteiger charge is -2.09. The molecule has 0 unspecified atom stereocenters. The van der Waals surface area contributed by atoms with E-state index in [2.05, 4.69) is 38.4 Å². The molecule has 2 aromatic carbocycles. The van der Waals surface area contributed by atoms with Gasteiger partial charge in [0.2, 0.25) is 0 Å². The maximum absolute atomic E-state index is 6.25. The second-order valence-electron chi connectivity index (χ2n) is 4.10. The van der Waals surface area contributed by atoms with Crippen LogP contribution in [0, 0.1) is 0 Å². The van der Waals surface area contributed by atoms with Crippen LogP contribution in [-0.2, 0) is 6.54 Å². The van der Waals surface area contributed by atoms with E-state index in [9.17, 15) is 0 Å². The van der Waals surface area contributed by atoms with Crippen LogP contribution in [-0.4, -0.2) is 4.98 Å². The zero-order valence-corrected chi connectivity index (χ0v) is 13.0. The second kappa shape index (κ2) is 5.49.